The van der Waals surface area contributed by atoms with Crippen LogP contribution in [0.15, 0.2) is 53.0 Å². The predicted molar refractivity (Wildman–Crippen MR) is 105 cm³/mol. The highest BCUT2D eigenvalue weighted by molar-refractivity contribution is 9.10. The molecule has 3 nitrogen and oxygen atoms in total. The minimum Gasteiger partial charge on any atom is -0.358 e. The number of H-pyrrole nitrogens is 1. The van der Waals surface area contributed by atoms with Crippen molar-refractivity contribution < 1.29 is 4.79 Å². The number of para-hydroxylation sites is 1. The van der Waals surface area contributed by atoms with Gasteiger partial charge in [-0.05, 0) is 36.2 Å². The molecule has 0 radical (unpaired) electrons. The summed E-state index contributed by atoms with van der Waals surface area (Å²) in [4.78, 5) is 18.2. The van der Waals surface area contributed by atoms with Crippen LogP contribution in [0.1, 0.15) is 29.2 Å². The molecular weight excluding hydrogens is 376 g/mol. The number of Topliss-reactive ketones (excluding diaryl/α,β-unsaturated/α-hetero) is 1. The summed E-state index contributed by atoms with van der Waals surface area (Å²) in [6.07, 6.45) is 0.638. The number of carbonyl (C=O) groups excluding carboxylic acids is 1. The van der Waals surface area contributed by atoms with E-state index in [0.717, 1.165) is 23.1 Å². The van der Waals surface area contributed by atoms with Crippen LogP contribution in [0.3, 0.4) is 0 Å². The van der Waals surface area contributed by atoms with Gasteiger partial charge in [0.2, 0.25) is 0 Å². The first-order valence-electron chi connectivity index (χ1n) is 8.66. The van der Waals surface area contributed by atoms with E-state index in [1.54, 1.807) is 0 Å². The molecule has 0 spiro atoms. The van der Waals surface area contributed by atoms with Crippen LogP contribution in [-0.2, 0) is 11.3 Å². The molecule has 1 saturated heterocycles. The normalized spacial score (nSPS) is 18.8. The Kier molecular flexibility index (Phi) is 4.48. The largest absolute Gasteiger partial charge is 0.358 e. The lowest BCUT2D eigenvalue weighted by Crippen LogP contribution is -2.39. The minimum atomic E-state index is 0.257. The van der Waals surface area contributed by atoms with Crippen molar-refractivity contribution in [3.05, 3.63) is 69.8 Å². The van der Waals surface area contributed by atoms with E-state index >= 15 is 0 Å². The van der Waals surface area contributed by atoms with Crippen molar-refractivity contribution >= 4 is 32.6 Å². The first-order chi connectivity index (χ1) is 12.1. The number of aryl methyl sites for hydroxylation is 1. The number of fused-ring (bicyclic) bond motifs is 1. The fraction of sp³-hybridized carbons (Fsp3) is 0.286. The zero-order valence-electron chi connectivity index (χ0n) is 14.3. The summed E-state index contributed by atoms with van der Waals surface area (Å²) in [6, 6.07) is 16.7. The molecule has 1 aliphatic rings. The Morgan fingerprint density at radius 2 is 1.92 bits per heavy atom. The van der Waals surface area contributed by atoms with Gasteiger partial charge in [-0.3, -0.25) is 9.69 Å². The van der Waals surface area contributed by atoms with Crippen LogP contribution in [-0.4, -0.2) is 28.8 Å². The third kappa shape index (κ3) is 3.42. The van der Waals surface area contributed by atoms with E-state index in [0.29, 0.717) is 18.7 Å². The van der Waals surface area contributed by atoms with Gasteiger partial charge in [0.1, 0.15) is 5.78 Å². The fourth-order valence-electron chi connectivity index (χ4n) is 4.02. The van der Waals surface area contributed by atoms with Crippen LogP contribution >= 0.6 is 15.9 Å². The van der Waals surface area contributed by atoms with Crippen molar-refractivity contribution in [3.63, 3.8) is 0 Å². The smallest absolute Gasteiger partial charge is 0.147 e. The molecule has 0 saturated carbocycles. The first-order valence-corrected chi connectivity index (χ1v) is 9.45. The summed E-state index contributed by atoms with van der Waals surface area (Å²) in [5.74, 6) is 0.589. The van der Waals surface area contributed by atoms with Gasteiger partial charge in [-0.1, -0.05) is 46.3 Å². The van der Waals surface area contributed by atoms with Crippen LogP contribution in [0.2, 0.25) is 0 Å². The number of nitrogens with one attached hydrogen (secondary N) is 1. The second kappa shape index (κ2) is 6.77. The highest BCUT2D eigenvalue weighted by Crippen LogP contribution is 2.34. The van der Waals surface area contributed by atoms with Crippen molar-refractivity contribution in [3.8, 4) is 0 Å². The molecule has 2 heterocycles. The molecule has 0 amide bonds. The molecule has 1 N–H and O–H groups in total. The third-order valence-electron chi connectivity index (χ3n) is 5.02. The lowest BCUT2D eigenvalue weighted by Gasteiger charge is -2.32. The Labute approximate surface area is 156 Å². The van der Waals surface area contributed by atoms with Crippen molar-refractivity contribution in [2.24, 2.45) is 0 Å². The van der Waals surface area contributed by atoms with Crippen LogP contribution in [0.4, 0.5) is 0 Å². The van der Waals surface area contributed by atoms with E-state index in [2.05, 4.69) is 75.2 Å². The Bertz CT molecular complexity index is 913. The quantitative estimate of drug-likeness (QED) is 0.690. The van der Waals surface area contributed by atoms with Gasteiger partial charge in [-0.15, -0.1) is 0 Å². The summed E-state index contributed by atoms with van der Waals surface area (Å²) in [5, 5.41) is 1.25. The number of likely N-dealkylation sites (tertiary alicyclic amines) is 1. The predicted octanol–water partition coefficient (Wildman–Crippen LogP) is 4.80. The number of hydrogen-bond acceptors (Lipinski definition) is 2. The molecule has 2 aromatic carbocycles. The van der Waals surface area contributed by atoms with Crippen molar-refractivity contribution in [2.45, 2.75) is 25.8 Å². The first kappa shape index (κ1) is 16.6. The second-order valence-electron chi connectivity index (χ2n) is 6.95. The minimum absolute atomic E-state index is 0.257. The molecule has 0 aliphatic carbocycles. The van der Waals surface area contributed by atoms with Crippen LogP contribution in [0.5, 0.6) is 0 Å². The SMILES string of the molecule is Cc1[nH]c2ccccc2c1C1CC(=O)CN(Cc2ccc(Br)cc2)C1. The molecule has 1 aromatic heterocycles. The molecule has 0 bridgehead atoms. The zero-order valence-corrected chi connectivity index (χ0v) is 15.8. The Morgan fingerprint density at radius 1 is 1.16 bits per heavy atom. The fourth-order valence-corrected chi connectivity index (χ4v) is 4.28. The molecular formula is C21H21BrN2O. The second-order valence-corrected chi connectivity index (χ2v) is 7.86. The number of rotatable bonds is 3. The molecule has 25 heavy (non-hydrogen) atoms. The van der Waals surface area contributed by atoms with Gasteiger partial charge in [0.15, 0.2) is 0 Å². The lowest BCUT2D eigenvalue weighted by molar-refractivity contribution is -0.122. The summed E-state index contributed by atoms with van der Waals surface area (Å²) >= 11 is 3.48. The molecule has 4 rings (SSSR count). The van der Waals surface area contributed by atoms with E-state index < -0.39 is 0 Å². The van der Waals surface area contributed by atoms with Gasteiger partial charge in [0.25, 0.3) is 0 Å². The van der Waals surface area contributed by atoms with E-state index in [9.17, 15) is 4.79 Å². The van der Waals surface area contributed by atoms with Crippen molar-refractivity contribution in [1.29, 1.82) is 0 Å². The average molecular weight is 397 g/mol. The summed E-state index contributed by atoms with van der Waals surface area (Å²) in [7, 11) is 0. The number of ketones is 1. The number of carbonyl (C=O) groups is 1. The number of nitrogens with zero attached hydrogens (tertiary/aromatic N) is 1. The van der Waals surface area contributed by atoms with Crippen molar-refractivity contribution in [2.75, 3.05) is 13.1 Å². The third-order valence-corrected chi connectivity index (χ3v) is 5.55. The topological polar surface area (TPSA) is 36.1 Å². The number of aromatic nitrogens is 1. The van der Waals surface area contributed by atoms with Gasteiger partial charge in [-0.2, -0.15) is 0 Å². The van der Waals surface area contributed by atoms with Crippen molar-refractivity contribution in [1.82, 2.24) is 9.88 Å². The molecule has 1 fully saturated rings. The number of piperidine rings is 1. The maximum atomic E-state index is 12.4. The van der Waals surface area contributed by atoms with Gasteiger partial charge < -0.3 is 4.98 Å². The van der Waals surface area contributed by atoms with Gasteiger partial charge in [-0.25, -0.2) is 0 Å². The van der Waals surface area contributed by atoms with Crippen LogP contribution in [0, 0.1) is 6.92 Å². The highest BCUT2D eigenvalue weighted by atomic mass is 79.9. The Morgan fingerprint density at radius 3 is 2.72 bits per heavy atom. The van der Waals surface area contributed by atoms with E-state index in [1.165, 1.54) is 22.2 Å². The number of benzene rings is 2. The number of hydrogen-bond donors (Lipinski definition) is 1. The molecule has 128 valence electrons. The maximum absolute atomic E-state index is 12.4. The molecule has 1 aliphatic heterocycles. The van der Waals surface area contributed by atoms with E-state index in [1.807, 2.05) is 6.07 Å². The van der Waals surface area contributed by atoms with Gasteiger partial charge in [0.05, 0.1) is 6.54 Å². The van der Waals surface area contributed by atoms with Gasteiger partial charge in [0, 0.05) is 46.5 Å². The molecule has 1 atom stereocenters. The molecule has 3 aromatic rings. The molecule has 4 heteroatoms. The number of aromatic amines is 1. The monoisotopic (exact) mass is 396 g/mol. The standard InChI is InChI=1S/C21H21BrN2O/c1-14-21(19-4-2-3-5-20(19)23-14)16-10-18(25)13-24(12-16)11-15-6-8-17(22)9-7-15/h2-9,16,23H,10-13H2,1H3. The summed E-state index contributed by atoms with van der Waals surface area (Å²) in [5.41, 5.74) is 4.90. The number of halogens is 1. The Balaban J connectivity index is 1.60. The highest BCUT2D eigenvalue weighted by Gasteiger charge is 2.29. The lowest BCUT2D eigenvalue weighted by atomic mass is 9.88. The summed E-state index contributed by atoms with van der Waals surface area (Å²) in [6.45, 7) is 4.41. The maximum Gasteiger partial charge on any atom is 0.147 e. The van der Waals surface area contributed by atoms with Gasteiger partial charge >= 0.3 is 0 Å². The Hall–Kier alpha value is -1.91. The van der Waals surface area contributed by atoms with E-state index in [-0.39, 0.29) is 5.92 Å². The van der Waals surface area contributed by atoms with Crippen LogP contribution in [0.25, 0.3) is 10.9 Å². The average Bonchev–Trinajstić information content (AvgIpc) is 2.92. The van der Waals surface area contributed by atoms with E-state index in [4.69, 9.17) is 0 Å². The van der Waals surface area contributed by atoms with Crippen LogP contribution < -0.4 is 0 Å². The summed E-state index contributed by atoms with van der Waals surface area (Å²) < 4.78 is 1.08. The molecule has 1 unspecified atom stereocenters. The zero-order chi connectivity index (χ0) is 17.4.